The Morgan fingerprint density at radius 2 is 1.58 bits per heavy atom. The molecule has 140 valence electrons. The fraction of sp³-hybridized carbons (Fsp3) is 0.909. The van der Waals surface area contributed by atoms with Crippen LogP contribution in [0.3, 0.4) is 0 Å². The van der Waals surface area contributed by atoms with E-state index in [1.165, 1.54) is 51.7 Å². The summed E-state index contributed by atoms with van der Waals surface area (Å²) >= 11 is 0. The van der Waals surface area contributed by atoms with E-state index in [4.69, 9.17) is 0 Å². The van der Waals surface area contributed by atoms with Crippen LogP contribution in [0.15, 0.2) is 11.6 Å². The van der Waals surface area contributed by atoms with Gasteiger partial charge in [0, 0.05) is 25.2 Å². The van der Waals surface area contributed by atoms with Gasteiger partial charge in [-0.1, -0.05) is 32.4 Å². The molecule has 2 aliphatic rings. The summed E-state index contributed by atoms with van der Waals surface area (Å²) in [7, 11) is 0. The summed E-state index contributed by atoms with van der Waals surface area (Å²) in [4.78, 5) is 5.33. The molecule has 0 aromatic rings. The normalized spacial score (nSPS) is 24.4. The minimum Gasteiger partial charge on any atom is -0.301 e. The van der Waals surface area contributed by atoms with E-state index < -0.39 is 0 Å². The van der Waals surface area contributed by atoms with Gasteiger partial charge >= 0.3 is 0 Å². The molecule has 1 saturated heterocycles. The molecule has 1 fully saturated rings. The Hall–Kier alpha value is -0.340. The first-order valence-corrected chi connectivity index (χ1v) is 10.6. The first-order valence-electron chi connectivity index (χ1n) is 10.6. The molecule has 0 aromatic carbocycles. The van der Waals surface area contributed by atoms with Crippen molar-refractivity contribution in [3.8, 4) is 0 Å². The smallest absolute Gasteiger partial charge is 0.0168 e. The van der Waals surface area contributed by atoms with Gasteiger partial charge in [0.25, 0.3) is 0 Å². The van der Waals surface area contributed by atoms with Gasteiger partial charge in [-0.3, -0.25) is 4.90 Å². The third-order valence-electron chi connectivity index (χ3n) is 6.80. The predicted octanol–water partition coefficient (Wildman–Crippen LogP) is 5.20. The third-order valence-corrected chi connectivity index (χ3v) is 6.80. The standard InChI is InChI=1S/C22H42N2/c1-17(2)21-9-15-24(16-10-21)20(6)8-7-19(5)22-11-13-23(14-12-22)18(3)4/h11,17-21H,7-10,12-16H2,1-6H3. The Balaban J connectivity index is 1.71. The van der Waals surface area contributed by atoms with E-state index in [1.54, 1.807) is 5.57 Å². The monoisotopic (exact) mass is 334 g/mol. The van der Waals surface area contributed by atoms with Crippen LogP contribution in [0.4, 0.5) is 0 Å². The van der Waals surface area contributed by atoms with Gasteiger partial charge in [0.15, 0.2) is 0 Å². The molecule has 2 unspecified atom stereocenters. The second-order valence-corrected chi connectivity index (χ2v) is 9.06. The number of piperidine rings is 1. The molecular formula is C22H42N2. The molecule has 0 aromatic heterocycles. The van der Waals surface area contributed by atoms with Crippen molar-refractivity contribution in [3.63, 3.8) is 0 Å². The van der Waals surface area contributed by atoms with Crippen LogP contribution >= 0.6 is 0 Å². The minimum atomic E-state index is 0.687. The first kappa shape index (κ1) is 20.0. The van der Waals surface area contributed by atoms with Crippen molar-refractivity contribution in [2.24, 2.45) is 17.8 Å². The molecule has 2 rings (SSSR count). The maximum absolute atomic E-state index is 2.75. The maximum Gasteiger partial charge on any atom is 0.0168 e. The highest BCUT2D eigenvalue weighted by Gasteiger charge is 2.25. The molecule has 0 spiro atoms. The zero-order chi connectivity index (χ0) is 17.7. The van der Waals surface area contributed by atoms with E-state index in [1.807, 2.05) is 0 Å². The number of nitrogens with zero attached hydrogens (tertiary/aromatic N) is 2. The number of likely N-dealkylation sites (tertiary alicyclic amines) is 1. The van der Waals surface area contributed by atoms with Crippen molar-refractivity contribution in [2.45, 2.75) is 85.7 Å². The molecule has 0 radical (unpaired) electrons. The lowest BCUT2D eigenvalue weighted by Crippen LogP contribution is -2.41. The van der Waals surface area contributed by atoms with Gasteiger partial charge in [-0.05, 0) is 83.7 Å². The number of hydrogen-bond donors (Lipinski definition) is 0. The zero-order valence-corrected chi connectivity index (χ0v) is 17.2. The molecule has 2 aliphatic heterocycles. The van der Waals surface area contributed by atoms with E-state index in [9.17, 15) is 0 Å². The van der Waals surface area contributed by atoms with Crippen LogP contribution < -0.4 is 0 Å². The van der Waals surface area contributed by atoms with Gasteiger partial charge in [0.2, 0.25) is 0 Å². The second-order valence-electron chi connectivity index (χ2n) is 9.06. The van der Waals surface area contributed by atoms with Crippen LogP contribution in [0.25, 0.3) is 0 Å². The lowest BCUT2D eigenvalue weighted by atomic mass is 9.85. The Labute approximate surface area is 151 Å². The van der Waals surface area contributed by atoms with Crippen LogP contribution in [0.5, 0.6) is 0 Å². The fourth-order valence-electron chi connectivity index (χ4n) is 4.50. The Morgan fingerprint density at radius 1 is 0.917 bits per heavy atom. The lowest BCUT2D eigenvalue weighted by molar-refractivity contribution is 0.114. The van der Waals surface area contributed by atoms with Crippen LogP contribution in [-0.4, -0.2) is 48.1 Å². The number of rotatable bonds is 7. The van der Waals surface area contributed by atoms with E-state index in [0.29, 0.717) is 6.04 Å². The highest BCUT2D eigenvalue weighted by atomic mass is 15.2. The van der Waals surface area contributed by atoms with Crippen molar-refractivity contribution in [2.75, 3.05) is 26.2 Å². The van der Waals surface area contributed by atoms with Crippen molar-refractivity contribution in [3.05, 3.63) is 11.6 Å². The van der Waals surface area contributed by atoms with Crippen LogP contribution in [0, 0.1) is 17.8 Å². The van der Waals surface area contributed by atoms with Gasteiger partial charge in [0.1, 0.15) is 0 Å². The highest BCUT2D eigenvalue weighted by Crippen LogP contribution is 2.28. The van der Waals surface area contributed by atoms with Crippen molar-refractivity contribution in [1.82, 2.24) is 9.80 Å². The van der Waals surface area contributed by atoms with Crippen LogP contribution in [0.1, 0.15) is 73.6 Å². The molecule has 0 N–H and O–H groups in total. The van der Waals surface area contributed by atoms with Gasteiger partial charge in [-0.2, -0.15) is 0 Å². The summed E-state index contributed by atoms with van der Waals surface area (Å²) in [5.74, 6) is 2.60. The second kappa shape index (κ2) is 9.38. The quantitative estimate of drug-likeness (QED) is 0.590. The van der Waals surface area contributed by atoms with Crippen molar-refractivity contribution >= 4 is 0 Å². The minimum absolute atomic E-state index is 0.687. The molecule has 0 saturated carbocycles. The van der Waals surface area contributed by atoms with Crippen molar-refractivity contribution < 1.29 is 0 Å². The topological polar surface area (TPSA) is 6.48 Å². The summed E-state index contributed by atoms with van der Waals surface area (Å²) in [5.41, 5.74) is 1.72. The fourth-order valence-corrected chi connectivity index (χ4v) is 4.50. The Bertz CT molecular complexity index is 391. The SMILES string of the molecule is CC(CCC(C)N1CCC(C(C)C)CC1)C1=CCN(C(C)C)CC1. The summed E-state index contributed by atoms with van der Waals surface area (Å²) < 4.78 is 0. The molecule has 24 heavy (non-hydrogen) atoms. The van der Waals surface area contributed by atoms with Gasteiger partial charge in [0.05, 0.1) is 0 Å². The molecule has 2 atom stereocenters. The highest BCUT2D eigenvalue weighted by molar-refractivity contribution is 5.10. The zero-order valence-electron chi connectivity index (χ0n) is 17.2. The summed E-state index contributed by atoms with van der Waals surface area (Å²) in [6.45, 7) is 19.4. The van der Waals surface area contributed by atoms with Crippen LogP contribution in [-0.2, 0) is 0 Å². The van der Waals surface area contributed by atoms with E-state index >= 15 is 0 Å². The van der Waals surface area contributed by atoms with Gasteiger partial charge in [-0.25, -0.2) is 0 Å². The van der Waals surface area contributed by atoms with E-state index in [2.05, 4.69) is 57.4 Å². The number of hydrogen-bond acceptors (Lipinski definition) is 2. The Kier molecular flexibility index (Phi) is 7.81. The van der Waals surface area contributed by atoms with Crippen molar-refractivity contribution in [1.29, 1.82) is 0 Å². The van der Waals surface area contributed by atoms with E-state index in [-0.39, 0.29) is 0 Å². The summed E-state index contributed by atoms with van der Waals surface area (Å²) in [6, 6.07) is 1.45. The van der Waals surface area contributed by atoms with Crippen LogP contribution in [0.2, 0.25) is 0 Å². The largest absolute Gasteiger partial charge is 0.301 e. The molecule has 2 heterocycles. The predicted molar refractivity (Wildman–Crippen MR) is 106 cm³/mol. The molecule has 0 aliphatic carbocycles. The summed E-state index contributed by atoms with van der Waals surface area (Å²) in [5, 5.41) is 0. The summed E-state index contributed by atoms with van der Waals surface area (Å²) in [6.07, 6.45) is 9.35. The molecule has 0 amide bonds. The first-order chi connectivity index (χ1) is 11.4. The van der Waals surface area contributed by atoms with Gasteiger partial charge < -0.3 is 4.90 Å². The third kappa shape index (κ3) is 5.59. The lowest BCUT2D eigenvalue weighted by Gasteiger charge is -2.38. The molecule has 0 bridgehead atoms. The Morgan fingerprint density at radius 3 is 2.08 bits per heavy atom. The molecular weight excluding hydrogens is 292 g/mol. The van der Waals surface area contributed by atoms with E-state index in [0.717, 1.165) is 30.3 Å². The average molecular weight is 335 g/mol. The van der Waals surface area contributed by atoms with Gasteiger partial charge in [-0.15, -0.1) is 0 Å². The average Bonchev–Trinajstić information content (AvgIpc) is 2.59. The molecule has 2 heteroatoms. The molecule has 2 nitrogen and oxygen atoms in total. The maximum atomic E-state index is 2.75.